The van der Waals surface area contributed by atoms with E-state index in [0.717, 1.165) is 4.64 Å². The first-order chi connectivity index (χ1) is 2.91. The molecule has 0 amide bonds. The van der Waals surface area contributed by atoms with Crippen LogP contribution in [0.4, 0.5) is 0 Å². The molecule has 0 saturated heterocycles. The van der Waals surface area contributed by atoms with Gasteiger partial charge in [0.2, 0.25) is 0 Å². The average Bonchev–Trinajstić information content (AvgIpc) is 1.61. The molecule has 0 aromatic carbocycles. The fourth-order valence-electron chi connectivity index (χ4n) is 0.223. The molecule has 2 heteroatoms. The molecule has 0 aliphatic rings. The molecule has 0 rings (SSSR count). The quantitative estimate of drug-likeness (QED) is 0.460. The van der Waals surface area contributed by atoms with Crippen molar-refractivity contribution < 1.29 is 23.0 Å². The number of rotatable bonds is 3. The van der Waals surface area contributed by atoms with Gasteiger partial charge in [0.15, 0.2) is 0 Å². The first-order valence-corrected chi connectivity index (χ1v) is 4.66. The van der Waals surface area contributed by atoms with E-state index in [0.29, 0.717) is 0 Å². The predicted molar refractivity (Wildman–Crippen MR) is 20.4 cm³/mol. The molecule has 0 aromatic rings. The molecule has 0 fully saturated rings. The third-order valence-corrected chi connectivity index (χ3v) is 1.83. The second kappa shape index (κ2) is 5.54. The van der Waals surface area contributed by atoms with Crippen LogP contribution in [-0.2, 0) is 23.0 Å². The summed E-state index contributed by atoms with van der Waals surface area (Å²) in [5, 5.41) is 0. The van der Waals surface area contributed by atoms with Gasteiger partial charge in [0, 0.05) is 0 Å². The van der Waals surface area contributed by atoms with Crippen LogP contribution in [0.15, 0.2) is 0 Å². The summed E-state index contributed by atoms with van der Waals surface area (Å²) in [6.45, 7) is 2.12. The van der Waals surface area contributed by atoms with E-state index >= 15 is 0 Å². The van der Waals surface area contributed by atoms with Crippen molar-refractivity contribution in [3.63, 3.8) is 0 Å². The summed E-state index contributed by atoms with van der Waals surface area (Å²) in [5.74, 6) is 0. The Kier molecular flexibility index (Phi) is 6.04. The second-order valence-electron chi connectivity index (χ2n) is 1.21. The maximum absolute atomic E-state index is 9.84. The molecule has 0 atom stereocenters. The standard InChI is InChI=1S/C4H9.Nb.O/c1-3-4-2;;/h1,3-4H2,2H3;;. The zero-order valence-corrected chi connectivity index (χ0v) is 6.18. The van der Waals surface area contributed by atoms with Crippen LogP contribution in [0.2, 0.25) is 4.64 Å². The van der Waals surface area contributed by atoms with Crippen molar-refractivity contribution in [3.05, 3.63) is 0 Å². The molecule has 36 valence electrons. The monoisotopic (exact) mass is 166 g/mol. The molecule has 0 spiro atoms. The Bertz CT molecular complexity index is 36.5. The zero-order chi connectivity index (χ0) is 4.83. The van der Waals surface area contributed by atoms with Gasteiger partial charge in [-0.2, -0.15) is 0 Å². The van der Waals surface area contributed by atoms with Crippen LogP contribution in [0, 0.1) is 0 Å². The Balaban J connectivity index is 2.49. The molecule has 0 aromatic heterocycles. The summed E-state index contributed by atoms with van der Waals surface area (Å²) in [6, 6.07) is 0. The number of hydrogen-bond acceptors (Lipinski definition) is 1. The van der Waals surface area contributed by atoms with E-state index < -0.39 is 19.7 Å². The Hall–Kier alpha value is 0.540. The summed E-state index contributed by atoms with van der Waals surface area (Å²) in [7, 11) is 0. The van der Waals surface area contributed by atoms with Crippen LogP contribution in [0.5, 0.6) is 0 Å². The van der Waals surface area contributed by atoms with Crippen molar-refractivity contribution >= 4 is 0 Å². The summed E-state index contributed by atoms with van der Waals surface area (Å²) >= 11 is -0.923. The van der Waals surface area contributed by atoms with Gasteiger partial charge in [-0.05, 0) is 0 Å². The molecule has 0 N–H and O–H groups in total. The molecule has 0 aliphatic carbocycles. The minimum atomic E-state index is -0.923. The first-order valence-electron chi connectivity index (χ1n) is 2.21. The van der Waals surface area contributed by atoms with Gasteiger partial charge in [0.25, 0.3) is 0 Å². The predicted octanol–water partition coefficient (Wildman–Crippen LogP) is 1.63. The molecule has 0 radical (unpaired) electrons. The van der Waals surface area contributed by atoms with E-state index in [-0.39, 0.29) is 0 Å². The van der Waals surface area contributed by atoms with E-state index in [2.05, 4.69) is 6.92 Å². The Morgan fingerprint density at radius 2 is 2.33 bits per heavy atom. The average molecular weight is 166 g/mol. The van der Waals surface area contributed by atoms with Crippen LogP contribution in [0.1, 0.15) is 19.8 Å². The van der Waals surface area contributed by atoms with Crippen molar-refractivity contribution in [3.8, 4) is 0 Å². The van der Waals surface area contributed by atoms with Gasteiger partial charge in [-0.3, -0.25) is 0 Å². The van der Waals surface area contributed by atoms with Gasteiger partial charge in [0.1, 0.15) is 0 Å². The molecule has 0 aliphatic heterocycles. The third-order valence-electron chi connectivity index (χ3n) is 0.603. The van der Waals surface area contributed by atoms with Crippen LogP contribution in [0.25, 0.3) is 0 Å². The topological polar surface area (TPSA) is 17.1 Å². The molecule has 1 nitrogen and oxygen atoms in total. The van der Waals surface area contributed by atoms with Crippen LogP contribution in [-0.4, -0.2) is 0 Å². The SMILES string of the molecule is CCC[CH2][Nb]=[O]. The van der Waals surface area contributed by atoms with Crippen molar-refractivity contribution in [2.75, 3.05) is 0 Å². The van der Waals surface area contributed by atoms with Gasteiger partial charge in [-0.25, -0.2) is 0 Å². The van der Waals surface area contributed by atoms with E-state index in [1.807, 2.05) is 0 Å². The fraction of sp³-hybridized carbons (Fsp3) is 1.00. The van der Waals surface area contributed by atoms with Crippen molar-refractivity contribution in [1.29, 1.82) is 0 Å². The van der Waals surface area contributed by atoms with Crippen molar-refractivity contribution in [2.24, 2.45) is 0 Å². The van der Waals surface area contributed by atoms with Gasteiger partial charge < -0.3 is 0 Å². The van der Waals surface area contributed by atoms with Gasteiger partial charge in [0.05, 0.1) is 0 Å². The van der Waals surface area contributed by atoms with Gasteiger partial charge >= 0.3 is 47.4 Å². The van der Waals surface area contributed by atoms with E-state index in [9.17, 15) is 3.25 Å². The molecular weight excluding hydrogens is 157 g/mol. The number of unbranched alkanes of at least 4 members (excludes halogenated alkanes) is 1. The third kappa shape index (κ3) is 4.54. The first kappa shape index (κ1) is 6.54. The molecule has 0 heterocycles. The van der Waals surface area contributed by atoms with Gasteiger partial charge in [-0.1, -0.05) is 0 Å². The fourth-order valence-corrected chi connectivity index (χ4v) is 1.32. The van der Waals surface area contributed by atoms with Gasteiger partial charge in [-0.15, -0.1) is 0 Å². The summed E-state index contributed by atoms with van der Waals surface area (Å²) in [6.07, 6.45) is 2.36. The summed E-state index contributed by atoms with van der Waals surface area (Å²) in [4.78, 5) is 0. The van der Waals surface area contributed by atoms with Crippen LogP contribution >= 0.6 is 0 Å². The Morgan fingerprint density at radius 3 is 2.50 bits per heavy atom. The minimum absolute atomic E-state index is 0.923. The Labute approximate surface area is 47.8 Å². The molecule has 0 bridgehead atoms. The molecule has 0 unspecified atom stereocenters. The normalized spacial score (nSPS) is 8.17. The van der Waals surface area contributed by atoms with Crippen molar-refractivity contribution in [2.45, 2.75) is 24.4 Å². The number of hydrogen-bond donors (Lipinski definition) is 0. The molecule has 6 heavy (non-hydrogen) atoms. The van der Waals surface area contributed by atoms with E-state index in [1.54, 1.807) is 0 Å². The zero-order valence-electron chi connectivity index (χ0n) is 3.98. The van der Waals surface area contributed by atoms with Crippen LogP contribution < -0.4 is 0 Å². The van der Waals surface area contributed by atoms with Crippen LogP contribution in [0.3, 0.4) is 0 Å². The Morgan fingerprint density at radius 1 is 1.67 bits per heavy atom. The molecule has 0 saturated carbocycles. The second-order valence-corrected chi connectivity index (χ2v) is 2.94. The van der Waals surface area contributed by atoms with Crippen molar-refractivity contribution in [1.82, 2.24) is 0 Å². The van der Waals surface area contributed by atoms with E-state index in [1.165, 1.54) is 12.8 Å². The summed E-state index contributed by atoms with van der Waals surface area (Å²) < 4.78 is 10.8. The summed E-state index contributed by atoms with van der Waals surface area (Å²) in [5.41, 5.74) is 0. The maximum atomic E-state index is 9.84. The molecular formula is C4H9NbO. The van der Waals surface area contributed by atoms with E-state index in [4.69, 9.17) is 0 Å².